The van der Waals surface area contributed by atoms with Gasteiger partial charge in [-0.05, 0) is 13.0 Å². The Morgan fingerprint density at radius 2 is 2.25 bits per heavy atom. The summed E-state index contributed by atoms with van der Waals surface area (Å²) >= 11 is 0. The molecule has 0 aliphatic rings. The van der Waals surface area contributed by atoms with Crippen molar-refractivity contribution in [2.45, 2.75) is 13.5 Å². The number of rotatable bonds is 3. The Morgan fingerprint density at radius 1 is 1.44 bits per heavy atom. The molecular weight excluding hydrogens is 204 g/mol. The molecule has 1 heterocycles. The number of aryl methyl sites for hydroxylation is 2. The van der Waals surface area contributed by atoms with Crippen molar-refractivity contribution in [3.63, 3.8) is 0 Å². The van der Waals surface area contributed by atoms with E-state index in [0.29, 0.717) is 18.3 Å². The molecule has 2 rings (SSSR count). The van der Waals surface area contributed by atoms with E-state index < -0.39 is 0 Å². The summed E-state index contributed by atoms with van der Waals surface area (Å²) in [6.07, 6.45) is 1.59. The lowest BCUT2D eigenvalue weighted by Gasteiger charge is -2.07. The Balaban J connectivity index is 2.27. The predicted molar refractivity (Wildman–Crippen MR) is 60.1 cm³/mol. The topological polar surface area (TPSA) is 66.0 Å². The first-order valence-corrected chi connectivity index (χ1v) is 5.02. The Kier molecular flexibility index (Phi) is 2.87. The minimum atomic E-state index is 0.334. The number of nitrogens with zero attached hydrogens (tertiary/aromatic N) is 3. The smallest absolute Gasteiger partial charge is 0.340 e. The number of benzene rings is 1. The molecule has 2 aromatic rings. The van der Waals surface area contributed by atoms with E-state index >= 15 is 0 Å². The van der Waals surface area contributed by atoms with E-state index in [0.717, 1.165) is 11.1 Å². The standard InChI is InChI=1S/C11H14N4O/c1-8-3-4-10(9(5-8)6-12)16-11-13-7-15(2)14-11/h3-5,7H,6,12H2,1-2H3. The number of ether oxygens (including phenoxy) is 1. The van der Waals surface area contributed by atoms with E-state index in [-0.39, 0.29) is 0 Å². The van der Waals surface area contributed by atoms with Crippen LogP contribution in [0.15, 0.2) is 24.5 Å². The van der Waals surface area contributed by atoms with Gasteiger partial charge < -0.3 is 10.5 Å². The van der Waals surface area contributed by atoms with Gasteiger partial charge in [0.2, 0.25) is 0 Å². The fourth-order valence-electron chi connectivity index (χ4n) is 1.43. The first kappa shape index (κ1) is 10.6. The third-order valence-corrected chi connectivity index (χ3v) is 2.22. The first-order valence-electron chi connectivity index (χ1n) is 5.02. The van der Waals surface area contributed by atoms with Crippen molar-refractivity contribution >= 4 is 0 Å². The summed E-state index contributed by atoms with van der Waals surface area (Å²) in [4.78, 5) is 4.00. The molecule has 0 saturated heterocycles. The molecule has 0 spiro atoms. The quantitative estimate of drug-likeness (QED) is 0.845. The average molecular weight is 218 g/mol. The second kappa shape index (κ2) is 4.32. The van der Waals surface area contributed by atoms with Crippen LogP contribution in [0, 0.1) is 6.92 Å². The summed E-state index contributed by atoms with van der Waals surface area (Å²) in [5.74, 6) is 0.708. The maximum absolute atomic E-state index is 5.65. The molecule has 0 radical (unpaired) electrons. The van der Waals surface area contributed by atoms with Gasteiger partial charge in [0, 0.05) is 19.2 Å². The highest BCUT2D eigenvalue weighted by molar-refractivity contribution is 5.38. The van der Waals surface area contributed by atoms with Gasteiger partial charge in [-0.2, -0.15) is 4.98 Å². The molecule has 0 atom stereocenters. The lowest BCUT2D eigenvalue weighted by atomic mass is 10.1. The Morgan fingerprint density at radius 3 is 2.88 bits per heavy atom. The van der Waals surface area contributed by atoms with Crippen LogP contribution >= 0.6 is 0 Å². The molecule has 1 aromatic heterocycles. The van der Waals surface area contributed by atoms with Gasteiger partial charge in [-0.1, -0.05) is 17.7 Å². The van der Waals surface area contributed by atoms with Crippen LogP contribution in [0.2, 0.25) is 0 Å². The fourth-order valence-corrected chi connectivity index (χ4v) is 1.43. The van der Waals surface area contributed by atoms with Gasteiger partial charge in [-0.15, -0.1) is 5.10 Å². The third-order valence-electron chi connectivity index (χ3n) is 2.22. The zero-order chi connectivity index (χ0) is 11.5. The summed E-state index contributed by atoms with van der Waals surface area (Å²) in [7, 11) is 1.79. The zero-order valence-electron chi connectivity index (χ0n) is 9.34. The zero-order valence-corrected chi connectivity index (χ0v) is 9.34. The van der Waals surface area contributed by atoms with Crippen molar-refractivity contribution in [2.24, 2.45) is 12.8 Å². The molecule has 5 heteroatoms. The molecule has 0 aliphatic carbocycles. The van der Waals surface area contributed by atoms with Crippen molar-refractivity contribution < 1.29 is 4.74 Å². The molecule has 0 unspecified atom stereocenters. The molecule has 0 fully saturated rings. The normalized spacial score (nSPS) is 10.4. The molecular formula is C11H14N4O. The van der Waals surface area contributed by atoms with Crippen molar-refractivity contribution in [1.82, 2.24) is 14.8 Å². The summed E-state index contributed by atoms with van der Waals surface area (Å²) in [5, 5.41) is 4.05. The first-order chi connectivity index (χ1) is 7.69. The van der Waals surface area contributed by atoms with Gasteiger partial charge >= 0.3 is 6.01 Å². The lowest BCUT2D eigenvalue weighted by molar-refractivity contribution is 0.434. The van der Waals surface area contributed by atoms with Gasteiger partial charge in [-0.3, -0.25) is 4.68 Å². The van der Waals surface area contributed by atoms with Crippen LogP contribution in [-0.4, -0.2) is 14.8 Å². The molecule has 16 heavy (non-hydrogen) atoms. The van der Waals surface area contributed by atoms with E-state index in [1.165, 1.54) is 0 Å². The Bertz CT molecular complexity index is 492. The van der Waals surface area contributed by atoms with E-state index in [9.17, 15) is 0 Å². The summed E-state index contributed by atoms with van der Waals surface area (Å²) in [5.41, 5.74) is 7.76. The lowest BCUT2D eigenvalue weighted by Crippen LogP contribution is -2.00. The molecule has 0 saturated carbocycles. The second-order valence-corrected chi connectivity index (χ2v) is 3.62. The molecule has 0 bridgehead atoms. The summed E-state index contributed by atoms with van der Waals surface area (Å²) in [6, 6.07) is 6.19. The third kappa shape index (κ3) is 2.20. The van der Waals surface area contributed by atoms with Crippen molar-refractivity contribution in [1.29, 1.82) is 0 Å². The monoisotopic (exact) mass is 218 g/mol. The number of nitrogens with two attached hydrogens (primary N) is 1. The van der Waals surface area contributed by atoms with Gasteiger partial charge in [0.25, 0.3) is 0 Å². The van der Waals surface area contributed by atoms with Crippen LogP contribution < -0.4 is 10.5 Å². The Hall–Kier alpha value is -1.88. The summed E-state index contributed by atoms with van der Waals surface area (Å²) < 4.78 is 7.14. The second-order valence-electron chi connectivity index (χ2n) is 3.62. The van der Waals surface area contributed by atoms with E-state index in [1.807, 2.05) is 25.1 Å². The van der Waals surface area contributed by atoms with Crippen LogP contribution in [0.3, 0.4) is 0 Å². The van der Waals surface area contributed by atoms with E-state index in [2.05, 4.69) is 10.1 Å². The molecule has 0 amide bonds. The van der Waals surface area contributed by atoms with Crippen LogP contribution in [0.25, 0.3) is 0 Å². The van der Waals surface area contributed by atoms with Gasteiger partial charge in [0.15, 0.2) is 0 Å². The highest BCUT2D eigenvalue weighted by Crippen LogP contribution is 2.23. The highest BCUT2D eigenvalue weighted by Gasteiger charge is 2.06. The van der Waals surface area contributed by atoms with Gasteiger partial charge in [0.05, 0.1) is 0 Å². The molecule has 1 aromatic carbocycles. The molecule has 84 valence electrons. The van der Waals surface area contributed by atoms with Gasteiger partial charge in [0.1, 0.15) is 12.1 Å². The minimum absolute atomic E-state index is 0.334. The van der Waals surface area contributed by atoms with Crippen molar-refractivity contribution in [2.75, 3.05) is 0 Å². The average Bonchev–Trinajstić information content (AvgIpc) is 2.67. The number of aromatic nitrogens is 3. The molecule has 2 N–H and O–H groups in total. The van der Waals surface area contributed by atoms with Crippen molar-refractivity contribution in [3.8, 4) is 11.8 Å². The van der Waals surface area contributed by atoms with Crippen LogP contribution in [-0.2, 0) is 13.6 Å². The maximum Gasteiger partial charge on any atom is 0.340 e. The number of hydrogen-bond acceptors (Lipinski definition) is 4. The van der Waals surface area contributed by atoms with Crippen LogP contribution in [0.4, 0.5) is 0 Å². The van der Waals surface area contributed by atoms with E-state index in [1.54, 1.807) is 18.1 Å². The molecule has 5 nitrogen and oxygen atoms in total. The Labute approximate surface area is 93.9 Å². The van der Waals surface area contributed by atoms with Crippen molar-refractivity contribution in [3.05, 3.63) is 35.7 Å². The fraction of sp³-hybridized carbons (Fsp3) is 0.273. The summed E-state index contributed by atoms with van der Waals surface area (Å²) in [6.45, 7) is 2.45. The highest BCUT2D eigenvalue weighted by atomic mass is 16.5. The number of hydrogen-bond donors (Lipinski definition) is 1. The maximum atomic E-state index is 5.65. The van der Waals surface area contributed by atoms with Crippen LogP contribution in [0.5, 0.6) is 11.8 Å². The SMILES string of the molecule is Cc1ccc(Oc2ncn(C)n2)c(CN)c1. The largest absolute Gasteiger partial charge is 0.423 e. The van der Waals surface area contributed by atoms with E-state index in [4.69, 9.17) is 10.5 Å². The minimum Gasteiger partial charge on any atom is -0.423 e. The van der Waals surface area contributed by atoms with Crippen LogP contribution in [0.1, 0.15) is 11.1 Å². The van der Waals surface area contributed by atoms with Gasteiger partial charge in [-0.25, -0.2) is 0 Å². The molecule has 0 aliphatic heterocycles. The predicted octanol–water partition coefficient (Wildman–Crippen LogP) is 1.37.